The summed E-state index contributed by atoms with van der Waals surface area (Å²) in [5.74, 6) is 2.43. The molecule has 0 heterocycles. The summed E-state index contributed by atoms with van der Waals surface area (Å²) >= 11 is 0. The molecule has 0 unspecified atom stereocenters. The predicted molar refractivity (Wildman–Crippen MR) is 168 cm³/mol. The van der Waals surface area contributed by atoms with Crippen molar-refractivity contribution in [1.29, 1.82) is 0 Å². The summed E-state index contributed by atoms with van der Waals surface area (Å²) in [6.45, 7) is 20.4. The maximum absolute atomic E-state index is 5.07. The number of allylic oxidation sites excluding steroid dienone is 5. The Balaban J connectivity index is -0.000000110. The molecule has 0 saturated carbocycles. The van der Waals surface area contributed by atoms with Gasteiger partial charge in [0.05, 0.1) is 0 Å². The van der Waals surface area contributed by atoms with Crippen molar-refractivity contribution in [3.63, 3.8) is 0 Å². The molecule has 0 atom stereocenters. The standard InChI is InChI=1S/C9H11N.C8H18.C7H8.C5H9N.2C2H6/c1-4-6-9(7-5-2)8-10-3;1-3-5-7-8-6-4-2;1-7-5-3-2-4-6-7;1-3-5-6-4-2;2*1-2/h1,5-8H,2-3H3;3-8H2,1-2H3;2-6H,1H3;3-5H,1-2H3;2*1-2H3/b7-5-,9-6+,10-8?;;;5-3-,6-4?;;. The summed E-state index contributed by atoms with van der Waals surface area (Å²) in [6, 6.07) is 10.3. The van der Waals surface area contributed by atoms with Crippen molar-refractivity contribution in [1.82, 2.24) is 0 Å². The lowest BCUT2D eigenvalue weighted by atomic mass is 10.1. The van der Waals surface area contributed by atoms with Crippen LogP contribution in [0.4, 0.5) is 0 Å². The molecule has 0 saturated heterocycles. The molecule has 0 radical (unpaired) electrons. The summed E-state index contributed by atoms with van der Waals surface area (Å²) in [6.07, 6.45) is 26.2. The second-order valence-electron chi connectivity index (χ2n) is 6.66. The zero-order chi connectivity index (χ0) is 28.0. The van der Waals surface area contributed by atoms with Crippen LogP contribution in [-0.2, 0) is 0 Å². The Morgan fingerprint density at radius 2 is 1.37 bits per heavy atom. The van der Waals surface area contributed by atoms with Crippen LogP contribution in [-0.4, -0.2) is 19.5 Å². The van der Waals surface area contributed by atoms with E-state index in [0.29, 0.717) is 0 Å². The lowest BCUT2D eigenvalue weighted by molar-refractivity contribution is 0.624. The van der Waals surface area contributed by atoms with E-state index in [-0.39, 0.29) is 0 Å². The first-order chi connectivity index (χ1) is 17.1. The highest BCUT2D eigenvalue weighted by Crippen LogP contribution is 2.03. The smallest absolute Gasteiger partial charge is 0.0287 e. The topological polar surface area (TPSA) is 24.7 Å². The number of hydrogen-bond acceptors (Lipinski definition) is 2. The zero-order valence-corrected chi connectivity index (χ0v) is 25.1. The van der Waals surface area contributed by atoms with Crippen LogP contribution in [0.1, 0.15) is 106 Å². The Morgan fingerprint density at radius 3 is 1.63 bits per heavy atom. The van der Waals surface area contributed by atoms with Crippen LogP contribution in [0.15, 0.2) is 76.4 Å². The molecule has 1 rings (SSSR count). The Kier molecular flexibility index (Phi) is 59.1. The highest BCUT2D eigenvalue weighted by molar-refractivity contribution is 5.82. The van der Waals surface area contributed by atoms with E-state index in [4.69, 9.17) is 6.42 Å². The summed E-state index contributed by atoms with van der Waals surface area (Å²) in [7, 11) is 1.72. The van der Waals surface area contributed by atoms with Gasteiger partial charge in [-0.25, -0.2) is 0 Å². The van der Waals surface area contributed by atoms with E-state index in [9.17, 15) is 0 Å². The Hall–Kier alpha value is -2.66. The van der Waals surface area contributed by atoms with E-state index in [1.54, 1.807) is 31.8 Å². The van der Waals surface area contributed by atoms with Crippen molar-refractivity contribution < 1.29 is 0 Å². The van der Waals surface area contributed by atoms with Crippen molar-refractivity contribution in [2.75, 3.05) is 7.05 Å². The van der Waals surface area contributed by atoms with Crippen molar-refractivity contribution in [2.45, 2.75) is 108 Å². The van der Waals surface area contributed by atoms with E-state index in [0.717, 1.165) is 5.57 Å². The van der Waals surface area contributed by atoms with Crippen molar-refractivity contribution in [3.8, 4) is 12.3 Å². The van der Waals surface area contributed by atoms with Gasteiger partial charge in [-0.15, -0.1) is 6.42 Å². The van der Waals surface area contributed by atoms with Crippen LogP contribution < -0.4 is 0 Å². The fourth-order valence-electron chi connectivity index (χ4n) is 2.13. The number of aliphatic imine (C=N–C) groups is 2. The van der Waals surface area contributed by atoms with E-state index in [1.807, 2.05) is 84.9 Å². The molecule has 0 aliphatic heterocycles. The monoisotopic (exact) mass is 482 g/mol. The van der Waals surface area contributed by atoms with Gasteiger partial charge in [0.25, 0.3) is 0 Å². The summed E-state index contributed by atoms with van der Waals surface area (Å²) in [4.78, 5) is 7.62. The van der Waals surface area contributed by atoms with Gasteiger partial charge in [-0.05, 0) is 33.8 Å². The van der Waals surface area contributed by atoms with E-state index in [1.165, 1.54) is 44.1 Å². The summed E-state index contributed by atoms with van der Waals surface area (Å²) in [5.41, 5.74) is 2.27. The number of rotatable bonds is 8. The molecule has 0 spiro atoms. The van der Waals surface area contributed by atoms with E-state index >= 15 is 0 Å². The maximum atomic E-state index is 5.07. The minimum atomic E-state index is 0.951. The molecule has 1 aromatic carbocycles. The SMILES string of the molecule is C#C/C=C(C=NC)\C=C/C.CC.CC.CC=N/C=C\C.CCCCCCCC.Cc1ccccc1. The fourth-order valence-corrected chi connectivity index (χ4v) is 2.13. The highest BCUT2D eigenvalue weighted by atomic mass is 14.6. The molecule has 0 aliphatic carbocycles. The lowest BCUT2D eigenvalue weighted by Gasteiger charge is -1.93. The molecule has 1 aromatic rings. The molecule has 0 amide bonds. The van der Waals surface area contributed by atoms with Gasteiger partial charge in [-0.1, -0.05) is 140 Å². The number of hydrogen-bond donors (Lipinski definition) is 0. The minimum Gasteiger partial charge on any atom is -0.296 e. The van der Waals surface area contributed by atoms with Gasteiger partial charge in [0, 0.05) is 31.2 Å². The predicted octanol–water partition coefficient (Wildman–Crippen LogP) is 10.8. The normalized spacial score (nSPS) is 9.94. The molecule has 2 nitrogen and oxygen atoms in total. The van der Waals surface area contributed by atoms with Crippen LogP contribution in [0.25, 0.3) is 0 Å². The molecule has 2 heteroatoms. The van der Waals surface area contributed by atoms with Crippen LogP contribution in [0.5, 0.6) is 0 Å². The third-order valence-corrected chi connectivity index (χ3v) is 3.67. The number of nitrogens with zero attached hydrogens (tertiary/aromatic N) is 2. The van der Waals surface area contributed by atoms with Gasteiger partial charge in [0.1, 0.15) is 0 Å². The van der Waals surface area contributed by atoms with Crippen LogP contribution in [0, 0.1) is 19.3 Å². The van der Waals surface area contributed by atoms with Gasteiger partial charge < -0.3 is 0 Å². The first kappa shape index (κ1) is 42.5. The van der Waals surface area contributed by atoms with E-state index in [2.05, 4.69) is 48.8 Å². The first-order valence-electron chi connectivity index (χ1n) is 13.4. The second kappa shape index (κ2) is 48.7. The molecular formula is C33H58N2. The molecular weight excluding hydrogens is 424 g/mol. The third-order valence-electron chi connectivity index (χ3n) is 3.67. The molecule has 0 fully saturated rings. The Bertz CT molecular complexity index is 611. The van der Waals surface area contributed by atoms with Gasteiger partial charge in [0.15, 0.2) is 0 Å². The summed E-state index contributed by atoms with van der Waals surface area (Å²) < 4.78 is 0. The zero-order valence-electron chi connectivity index (χ0n) is 25.1. The van der Waals surface area contributed by atoms with E-state index < -0.39 is 0 Å². The lowest BCUT2D eigenvalue weighted by Crippen LogP contribution is -1.77. The molecule has 0 N–H and O–H groups in total. The average Bonchev–Trinajstić information content (AvgIpc) is 2.90. The van der Waals surface area contributed by atoms with Crippen LogP contribution in [0.3, 0.4) is 0 Å². The largest absolute Gasteiger partial charge is 0.296 e. The van der Waals surface area contributed by atoms with Crippen molar-refractivity contribution >= 4 is 12.4 Å². The minimum absolute atomic E-state index is 0.951. The second-order valence-corrected chi connectivity index (χ2v) is 6.66. The summed E-state index contributed by atoms with van der Waals surface area (Å²) in [5, 5.41) is 0. The molecule has 0 bridgehead atoms. The third kappa shape index (κ3) is 54.1. The quantitative estimate of drug-likeness (QED) is 0.152. The molecule has 35 heavy (non-hydrogen) atoms. The highest BCUT2D eigenvalue weighted by Gasteiger charge is 1.83. The van der Waals surface area contributed by atoms with Crippen molar-refractivity contribution in [3.05, 3.63) is 72.0 Å². The number of aryl methyl sites for hydroxylation is 1. The molecule has 0 aliphatic rings. The molecule has 0 aromatic heterocycles. The number of unbranched alkanes of at least 4 members (excludes halogenated alkanes) is 5. The van der Waals surface area contributed by atoms with Gasteiger partial charge in [0.2, 0.25) is 0 Å². The van der Waals surface area contributed by atoms with Crippen molar-refractivity contribution in [2.24, 2.45) is 9.98 Å². The van der Waals surface area contributed by atoms with Gasteiger partial charge in [-0.2, -0.15) is 0 Å². The van der Waals surface area contributed by atoms with Crippen LogP contribution in [0.2, 0.25) is 0 Å². The fraction of sp³-hybridized carbons (Fsp3) is 0.515. The van der Waals surface area contributed by atoms with Gasteiger partial charge in [-0.3, -0.25) is 9.98 Å². The number of benzene rings is 1. The Morgan fingerprint density at radius 1 is 0.857 bits per heavy atom. The first-order valence-corrected chi connectivity index (χ1v) is 13.4. The number of terminal acetylenes is 1. The maximum Gasteiger partial charge on any atom is 0.0287 e. The van der Waals surface area contributed by atoms with Crippen LogP contribution >= 0.6 is 0 Å². The molecule has 200 valence electrons. The average molecular weight is 483 g/mol. The van der Waals surface area contributed by atoms with Gasteiger partial charge >= 0.3 is 0 Å². The Labute approximate surface area is 221 Å².